The van der Waals surface area contributed by atoms with Gasteiger partial charge in [0.15, 0.2) is 0 Å². The first-order valence-corrected chi connectivity index (χ1v) is 6.12. The maximum Gasteiger partial charge on any atom is 0.237 e. The van der Waals surface area contributed by atoms with E-state index in [2.05, 4.69) is 10.6 Å². The maximum absolute atomic E-state index is 11.6. The fourth-order valence-electron chi connectivity index (χ4n) is 1.52. The fraction of sp³-hybridized carbons (Fsp3) is 0.462. The smallest absolute Gasteiger partial charge is 0.237 e. The molecular weight excluding hydrogens is 236 g/mol. The number of carbonyl (C=O) groups is 1. The van der Waals surface area contributed by atoms with E-state index in [1.54, 1.807) is 7.05 Å². The number of likely N-dealkylation sites (N-methyl/N-ethyl adjacent to an activating group) is 1. The minimum atomic E-state index is -0.164. The highest BCUT2D eigenvalue weighted by molar-refractivity contribution is 6.30. The summed E-state index contributed by atoms with van der Waals surface area (Å²) in [6, 6.07) is 7.63. The second-order valence-corrected chi connectivity index (χ2v) is 4.69. The van der Waals surface area contributed by atoms with E-state index < -0.39 is 0 Å². The van der Waals surface area contributed by atoms with E-state index in [1.165, 1.54) is 5.56 Å². The Hall–Kier alpha value is -1.06. The molecule has 1 rings (SSSR count). The number of halogens is 1. The molecule has 2 atom stereocenters. The molecule has 0 spiro atoms. The summed E-state index contributed by atoms with van der Waals surface area (Å²) in [6.07, 6.45) is 0.805. The number of amides is 1. The quantitative estimate of drug-likeness (QED) is 0.844. The molecule has 0 aliphatic carbocycles. The van der Waals surface area contributed by atoms with Gasteiger partial charge in [-0.15, -0.1) is 0 Å². The zero-order chi connectivity index (χ0) is 12.8. The molecule has 0 aliphatic rings. The van der Waals surface area contributed by atoms with Gasteiger partial charge in [-0.05, 0) is 45.0 Å². The van der Waals surface area contributed by atoms with Crippen LogP contribution >= 0.6 is 11.6 Å². The molecule has 0 saturated carbocycles. The Morgan fingerprint density at radius 3 is 2.41 bits per heavy atom. The van der Waals surface area contributed by atoms with Crippen LogP contribution in [0.5, 0.6) is 0 Å². The molecule has 0 aromatic heterocycles. The van der Waals surface area contributed by atoms with Gasteiger partial charge < -0.3 is 10.6 Å². The van der Waals surface area contributed by atoms with Crippen LogP contribution in [0.4, 0.5) is 0 Å². The van der Waals surface area contributed by atoms with Gasteiger partial charge in [0.05, 0.1) is 6.04 Å². The first-order valence-electron chi connectivity index (χ1n) is 5.75. The Bertz CT molecular complexity index is 364. The third kappa shape index (κ3) is 4.75. The Balaban J connectivity index is 2.47. The van der Waals surface area contributed by atoms with E-state index in [9.17, 15) is 4.79 Å². The van der Waals surface area contributed by atoms with Crippen molar-refractivity contribution in [3.05, 3.63) is 34.9 Å². The van der Waals surface area contributed by atoms with Crippen molar-refractivity contribution in [1.29, 1.82) is 0 Å². The average Bonchev–Trinajstić information content (AvgIpc) is 2.30. The molecule has 94 valence electrons. The number of hydrogen-bond donors (Lipinski definition) is 2. The summed E-state index contributed by atoms with van der Waals surface area (Å²) >= 11 is 5.81. The third-order valence-electron chi connectivity index (χ3n) is 2.67. The zero-order valence-electron chi connectivity index (χ0n) is 10.5. The molecule has 0 radical (unpaired) electrons. The van der Waals surface area contributed by atoms with Crippen molar-refractivity contribution < 1.29 is 4.79 Å². The van der Waals surface area contributed by atoms with Crippen LogP contribution in [0.1, 0.15) is 19.4 Å². The van der Waals surface area contributed by atoms with Crippen LogP contribution in [-0.4, -0.2) is 25.0 Å². The summed E-state index contributed by atoms with van der Waals surface area (Å²) in [5.41, 5.74) is 1.17. The number of hydrogen-bond acceptors (Lipinski definition) is 2. The van der Waals surface area contributed by atoms with Gasteiger partial charge in [0.2, 0.25) is 5.91 Å². The van der Waals surface area contributed by atoms with Gasteiger partial charge in [-0.1, -0.05) is 23.7 Å². The molecule has 0 saturated heterocycles. The Kier molecular flexibility index (Phi) is 5.45. The monoisotopic (exact) mass is 254 g/mol. The summed E-state index contributed by atoms with van der Waals surface area (Å²) in [6.45, 7) is 3.83. The zero-order valence-corrected chi connectivity index (χ0v) is 11.2. The standard InChI is InChI=1S/C13H19ClN2O/c1-9(16-13(17)10(2)15-3)8-11-4-6-12(14)7-5-11/h4-7,9-10,15H,8H2,1-3H3,(H,16,17). The second-order valence-electron chi connectivity index (χ2n) is 4.25. The highest BCUT2D eigenvalue weighted by Gasteiger charge is 2.13. The van der Waals surface area contributed by atoms with Gasteiger partial charge >= 0.3 is 0 Å². The van der Waals surface area contributed by atoms with E-state index in [4.69, 9.17) is 11.6 Å². The van der Waals surface area contributed by atoms with Crippen molar-refractivity contribution in [1.82, 2.24) is 10.6 Å². The Morgan fingerprint density at radius 1 is 1.29 bits per heavy atom. The van der Waals surface area contributed by atoms with E-state index in [0.717, 1.165) is 11.4 Å². The predicted octanol–water partition coefficient (Wildman–Crippen LogP) is 2.00. The van der Waals surface area contributed by atoms with Crippen LogP contribution in [0.2, 0.25) is 5.02 Å². The van der Waals surface area contributed by atoms with E-state index in [1.807, 2.05) is 38.1 Å². The lowest BCUT2D eigenvalue weighted by atomic mass is 10.1. The lowest BCUT2D eigenvalue weighted by molar-refractivity contribution is -0.123. The lowest BCUT2D eigenvalue weighted by Crippen LogP contribution is -2.44. The lowest BCUT2D eigenvalue weighted by Gasteiger charge is -2.17. The number of nitrogens with one attached hydrogen (secondary N) is 2. The summed E-state index contributed by atoms with van der Waals surface area (Å²) < 4.78 is 0. The highest BCUT2D eigenvalue weighted by atomic mass is 35.5. The summed E-state index contributed by atoms with van der Waals surface area (Å²) in [5, 5.41) is 6.60. The maximum atomic E-state index is 11.6. The topological polar surface area (TPSA) is 41.1 Å². The van der Waals surface area contributed by atoms with Crippen LogP contribution < -0.4 is 10.6 Å². The summed E-state index contributed by atoms with van der Waals surface area (Å²) in [5.74, 6) is 0.0222. The largest absolute Gasteiger partial charge is 0.352 e. The molecule has 1 aromatic rings. The van der Waals surface area contributed by atoms with E-state index in [0.29, 0.717) is 0 Å². The molecule has 0 fully saturated rings. The van der Waals surface area contributed by atoms with Crippen LogP contribution in [-0.2, 0) is 11.2 Å². The van der Waals surface area contributed by atoms with Crippen LogP contribution in [0.15, 0.2) is 24.3 Å². The molecule has 2 unspecified atom stereocenters. The van der Waals surface area contributed by atoms with Crippen molar-refractivity contribution in [2.45, 2.75) is 32.4 Å². The molecule has 0 heterocycles. The molecule has 17 heavy (non-hydrogen) atoms. The van der Waals surface area contributed by atoms with E-state index in [-0.39, 0.29) is 18.0 Å². The van der Waals surface area contributed by atoms with Crippen molar-refractivity contribution in [2.24, 2.45) is 0 Å². The third-order valence-corrected chi connectivity index (χ3v) is 2.92. The number of carbonyl (C=O) groups excluding carboxylic acids is 1. The SMILES string of the molecule is CNC(C)C(=O)NC(C)Cc1ccc(Cl)cc1. The van der Waals surface area contributed by atoms with Crippen LogP contribution in [0, 0.1) is 0 Å². The van der Waals surface area contributed by atoms with Gasteiger partial charge in [-0.25, -0.2) is 0 Å². The van der Waals surface area contributed by atoms with Gasteiger partial charge in [-0.3, -0.25) is 4.79 Å². The average molecular weight is 255 g/mol. The van der Waals surface area contributed by atoms with Crippen molar-refractivity contribution in [3.63, 3.8) is 0 Å². The fourth-order valence-corrected chi connectivity index (χ4v) is 1.65. The molecule has 2 N–H and O–H groups in total. The van der Waals surface area contributed by atoms with Crippen molar-refractivity contribution >= 4 is 17.5 Å². The molecule has 0 aliphatic heterocycles. The summed E-state index contributed by atoms with van der Waals surface area (Å²) in [4.78, 5) is 11.6. The molecule has 1 aromatic carbocycles. The minimum absolute atomic E-state index is 0.0222. The molecule has 1 amide bonds. The van der Waals surface area contributed by atoms with Crippen molar-refractivity contribution in [2.75, 3.05) is 7.05 Å². The molecule has 3 nitrogen and oxygen atoms in total. The first kappa shape index (κ1) is 14.0. The predicted molar refractivity (Wildman–Crippen MR) is 71.3 cm³/mol. The van der Waals surface area contributed by atoms with Gasteiger partial charge in [-0.2, -0.15) is 0 Å². The van der Waals surface area contributed by atoms with Gasteiger partial charge in [0, 0.05) is 11.1 Å². The van der Waals surface area contributed by atoms with Crippen molar-refractivity contribution in [3.8, 4) is 0 Å². The van der Waals surface area contributed by atoms with Gasteiger partial charge in [0.25, 0.3) is 0 Å². The Morgan fingerprint density at radius 2 is 1.88 bits per heavy atom. The van der Waals surface area contributed by atoms with E-state index >= 15 is 0 Å². The highest BCUT2D eigenvalue weighted by Crippen LogP contribution is 2.11. The normalized spacial score (nSPS) is 14.1. The molecular formula is C13H19ClN2O. The minimum Gasteiger partial charge on any atom is -0.352 e. The second kappa shape index (κ2) is 6.62. The molecule has 4 heteroatoms. The van der Waals surface area contributed by atoms with Crippen LogP contribution in [0.25, 0.3) is 0 Å². The molecule has 0 bridgehead atoms. The number of rotatable bonds is 5. The Labute approximate surface area is 108 Å². The summed E-state index contributed by atoms with van der Waals surface area (Å²) in [7, 11) is 1.77. The van der Waals surface area contributed by atoms with Gasteiger partial charge in [0.1, 0.15) is 0 Å². The number of benzene rings is 1. The first-order chi connectivity index (χ1) is 8.02. The van der Waals surface area contributed by atoms with Crippen LogP contribution in [0.3, 0.4) is 0 Å².